The van der Waals surface area contributed by atoms with Gasteiger partial charge in [0.1, 0.15) is 6.61 Å². The molecular weight excluding hydrogens is 444 g/mol. The summed E-state index contributed by atoms with van der Waals surface area (Å²) in [5.74, 6) is 3.65. The minimum atomic E-state index is -0.489. The number of nitrogens with one attached hydrogen (secondary N) is 1. The van der Waals surface area contributed by atoms with Crippen molar-refractivity contribution in [3.63, 3.8) is 0 Å². The third-order valence-electron chi connectivity index (χ3n) is 6.25. The Morgan fingerprint density at radius 1 is 1.03 bits per heavy atom. The molecule has 0 saturated carbocycles. The fourth-order valence-corrected chi connectivity index (χ4v) is 4.18. The van der Waals surface area contributed by atoms with Crippen molar-refractivity contribution < 1.29 is 24.1 Å². The van der Waals surface area contributed by atoms with Gasteiger partial charge in [-0.15, -0.1) is 0 Å². The van der Waals surface area contributed by atoms with E-state index in [1.54, 1.807) is 14.0 Å². The fraction of sp³-hybridized carbons (Fsp3) is 0.571. The van der Waals surface area contributed by atoms with Crippen LogP contribution in [0, 0.1) is 5.92 Å². The fourth-order valence-electron chi connectivity index (χ4n) is 4.18. The Labute approximate surface area is 210 Å². The van der Waals surface area contributed by atoms with E-state index in [4.69, 9.17) is 18.9 Å². The van der Waals surface area contributed by atoms with Gasteiger partial charge in [0.15, 0.2) is 29.2 Å². The maximum absolute atomic E-state index is 9.80. The molecule has 0 spiro atoms. The third-order valence-corrected chi connectivity index (χ3v) is 6.25. The van der Waals surface area contributed by atoms with Gasteiger partial charge in [0.25, 0.3) is 0 Å². The van der Waals surface area contributed by atoms with Gasteiger partial charge in [-0.25, -0.2) is 0 Å². The zero-order chi connectivity index (χ0) is 25.0. The van der Waals surface area contributed by atoms with Crippen LogP contribution >= 0.6 is 0 Å². The first-order valence-electron chi connectivity index (χ1n) is 12.8. The Hall–Kier alpha value is -2.48. The number of nitrogens with zero attached hydrogens (tertiary/aromatic N) is 1. The van der Waals surface area contributed by atoms with Gasteiger partial charge in [-0.1, -0.05) is 25.1 Å². The molecule has 194 valence electrons. The number of piperidine rings is 1. The summed E-state index contributed by atoms with van der Waals surface area (Å²) in [6, 6.07) is 13.6. The number of hydrogen-bond donors (Lipinski definition) is 2. The molecule has 2 atom stereocenters. The van der Waals surface area contributed by atoms with Crippen LogP contribution in [0.4, 0.5) is 0 Å². The zero-order valence-electron chi connectivity index (χ0n) is 21.7. The van der Waals surface area contributed by atoms with Gasteiger partial charge < -0.3 is 24.1 Å². The van der Waals surface area contributed by atoms with Crippen LogP contribution in [0.5, 0.6) is 23.0 Å². The number of benzene rings is 2. The van der Waals surface area contributed by atoms with E-state index in [9.17, 15) is 5.11 Å². The lowest BCUT2D eigenvalue weighted by Gasteiger charge is -2.30. The number of para-hydroxylation sites is 2. The summed E-state index contributed by atoms with van der Waals surface area (Å²) in [5, 5.41) is 13.1. The molecule has 35 heavy (non-hydrogen) atoms. The quantitative estimate of drug-likeness (QED) is 0.389. The van der Waals surface area contributed by atoms with E-state index in [1.165, 1.54) is 12.8 Å². The summed E-state index contributed by atoms with van der Waals surface area (Å²) in [6.07, 6.45) is 2.26. The van der Waals surface area contributed by atoms with Gasteiger partial charge >= 0.3 is 0 Å². The van der Waals surface area contributed by atoms with Crippen LogP contribution in [-0.4, -0.2) is 68.8 Å². The predicted octanol–water partition coefficient (Wildman–Crippen LogP) is 4.12. The second kappa shape index (κ2) is 14.2. The van der Waals surface area contributed by atoms with Crippen molar-refractivity contribution in [1.29, 1.82) is 0 Å². The number of aliphatic hydroxyl groups excluding tert-OH is 1. The normalized spacial score (nSPS) is 16.5. The van der Waals surface area contributed by atoms with Gasteiger partial charge in [-0.3, -0.25) is 10.2 Å². The number of ether oxygens (including phenoxy) is 4. The first kappa shape index (κ1) is 27.1. The van der Waals surface area contributed by atoms with Crippen molar-refractivity contribution in [2.45, 2.75) is 52.4 Å². The van der Waals surface area contributed by atoms with E-state index >= 15 is 0 Å². The molecule has 0 aliphatic carbocycles. The van der Waals surface area contributed by atoms with E-state index < -0.39 is 6.10 Å². The minimum Gasteiger partial charge on any atom is -0.493 e. The third kappa shape index (κ3) is 8.91. The Balaban J connectivity index is 1.63. The smallest absolute Gasteiger partial charge is 0.163 e. The van der Waals surface area contributed by atoms with Crippen molar-refractivity contribution in [1.82, 2.24) is 10.2 Å². The van der Waals surface area contributed by atoms with E-state index in [0.29, 0.717) is 43.4 Å². The molecule has 2 N–H and O–H groups in total. The van der Waals surface area contributed by atoms with Crippen LogP contribution < -0.4 is 24.3 Å². The topological polar surface area (TPSA) is 72.4 Å². The largest absolute Gasteiger partial charge is 0.493 e. The van der Waals surface area contributed by atoms with Crippen molar-refractivity contribution >= 4 is 0 Å². The molecule has 7 heteroatoms. The summed E-state index contributed by atoms with van der Waals surface area (Å²) in [5.41, 5.74) is 1.04. The highest BCUT2D eigenvalue weighted by atomic mass is 16.5. The molecule has 1 aliphatic heterocycles. The molecule has 0 aromatic heterocycles. The Kier molecular flexibility index (Phi) is 11.0. The molecule has 1 saturated heterocycles. The van der Waals surface area contributed by atoms with E-state index in [-0.39, 0.29) is 6.23 Å². The SMILES string of the molecule is CCOc1ccccc1OC(Cc1ccc(OCCN2CCC(C)CC2)c(OC)c1)NCC(C)O. The molecule has 2 aromatic rings. The molecule has 3 rings (SSSR count). The number of likely N-dealkylation sites (tertiary alicyclic amines) is 1. The molecule has 1 heterocycles. The number of hydrogen-bond acceptors (Lipinski definition) is 7. The van der Waals surface area contributed by atoms with Crippen molar-refractivity contribution in [2.24, 2.45) is 5.92 Å². The molecule has 1 aliphatic rings. The van der Waals surface area contributed by atoms with Gasteiger partial charge in [0, 0.05) is 19.5 Å². The monoisotopic (exact) mass is 486 g/mol. The van der Waals surface area contributed by atoms with E-state index in [2.05, 4.69) is 17.1 Å². The Bertz CT molecular complexity index is 883. The second-order valence-electron chi connectivity index (χ2n) is 9.31. The molecule has 7 nitrogen and oxygen atoms in total. The van der Waals surface area contributed by atoms with Crippen LogP contribution in [0.15, 0.2) is 42.5 Å². The molecule has 2 aromatic carbocycles. The van der Waals surface area contributed by atoms with E-state index in [1.807, 2.05) is 49.4 Å². The van der Waals surface area contributed by atoms with Crippen molar-refractivity contribution in [3.05, 3.63) is 48.0 Å². The Morgan fingerprint density at radius 2 is 1.74 bits per heavy atom. The maximum atomic E-state index is 9.80. The summed E-state index contributed by atoms with van der Waals surface area (Å²) >= 11 is 0. The summed E-state index contributed by atoms with van der Waals surface area (Å²) in [4.78, 5) is 2.47. The van der Waals surface area contributed by atoms with Crippen molar-refractivity contribution in [2.75, 3.05) is 46.5 Å². The highest BCUT2D eigenvalue weighted by Gasteiger charge is 2.18. The molecule has 0 amide bonds. The van der Waals surface area contributed by atoms with Crippen LogP contribution in [0.25, 0.3) is 0 Å². The second-order valence-corrected chi connectivity index (χ2v) is 9.31. The highest BCUT2D eigenvalue weighted by molar-refractivity contribution is 5.43. The zero-order valence-corrected chi connectivity index (χ0v) is 21.7. The van der Waals surface area contributed by atoms with Gasteiger partial charge in [0.05, 0.1) is 19.8 Å². The number of methoxy groups -OCH3 is 1. The summed E-state index contributed by atoms with van der Waals surface area (Å²) in [7, 11) is 1.66. The lowest BCUT2D eigenvalue weighted by Crippen LogP contribution is -2.40. The standard InChI is InChI=1S/C28H42N2O5/c1-5-33-24-8-6-7-9-26(24)35-28(29-20-22(3)31)19-23-10-11-25(27(18-23)32-4)34-17-16-30-14-12-21(2)13-15-30/h6-11,18,21-22,28-29,31H,5,12-17,19-20H2,1-4H3. The lowest BCUT2D eigenvalue weighted by molar-refractivity contribution is 0.122. The van der Waals surface area contributed by atoms with Crippen LogP contribution in [0.1, 0.15) is 39.2 Å². The molecule has 2 unspecified atom stereocenters. The van der Waals surface area contributed by atoms with Gasteiger partial charge in [-0.05, 0) is 75.5 Å². The average Bonchev–Trinajstić information content (AvgIpc) is 2.85. The number of aliphatic hydroxyl groups is 1. The average molecular weight is 487 g/mol. The van der Waals surface area contributed by atoms with Crippen molar-refractivity contribution in [3.8, 4) is 23.0 Å². The van der Waals surface area contributed by atoms with Gasteiger partial charge in [-0.2, -0.15) is 0 Å². The predicted molar refractivity (Wildman–Crippen MR) is 139 cm³/mol. The number of rotatable bonds is 14. The minimum absolute atomic E-state index is 0.357. The van der Waals surface area contributed by atoms with Gasteiger partial charge in [0.2, 0.25) is 0 Å². The summed E-state index contributed by atoms with van der Waals surface area (Å²) < 4.78 is 23.7. The summed E-state index contributed by atoms with van der Waals surface area (Å²) in [6.45, 7) is 10.8. The van der Waals surface area contributed by atoms with E-state index in [0.717, 1.165) is 36.9 Å². The molecule has 1 fully saturated rings. The highest BCUT2D eigenvalue weighted by Crippen LogP contribution is 2.30. The molecule has 0 bridgehead atoms. The molecule has 0 radical (unpaired) electrons. The van der Waals surface area contributed by atoms with Crippen LogP contribution in [-0.2, 0) is 6.42 Å². The van der Waals surface area contributed by atoms with Crippen LogP contribution in [0.2, 0.25) is 0 Å². The first-order valence-corrected chi connectivity index (χ1v) is 12.8. The lowest BCUT2D eigenvalue weighted by atomic mass is 9.99. The Morgan fingerprint density at radius 3 is 2.43 bits per heavy atom. The van der Waals surface area contributed by atoms with Crippen LogP contribution in [0.3, 0.4) is 0 Å². The maximum Gasteiger partial charge on any atom is 0.163 e. The first-order chi connectivity index (χ1) is 17.0. The molecular formula is C28H42N2O5.